The van der Waals surface area contributed by atoms with Crippen molar-refractivity contribution in [2.24, 2.45) is 0 Å². The van der Waals surface area contributed by atoms with Gasteiger partial charge in [-0.05, 0) is 6.07 Å². The van der Waals surface area contributed by atoms with E-state index in [4.69, 9.17) is 4.74 Å². The standard InChI is InChI=1S/C8H9BrO.Mg/c1-10-8-5-3-2-4-7(8)6-9;/h2-5H,6H2,1H3;. The van der Waals surface area contributed by atoms with Crippen LogP contribution >= 0.6 is 15.9 Å². The van der Waals surface area contributed by atoms with E-state index in [2.05, 4.69) is 15.9 Å². The average molecular weight is 225 g/mol. The first-order valence-electron chi connectivity index (χ1n) is 3.06. The Morgan fingerprint density at radius 3 is 2.45 bits per heavy atom. The molecule has 0 N–H and O–H groups in total. The summed E-state index contributed by atoms with van der Waals surface area (Å²) in [7, 11) is 1.68. The summed E-state index contributed by atoms with van der Waals surface area (Å²) in [6.45, 7) is 0. The van der Waals surface area contributed by atoms with Crippen molar-refractivity contribution in [3.63, 3.8) is 0 Å². The van der Waals surface area contributed by atoms with Gasteiger partial charge in [-0.3, -0.25) is 0 Å². The van der Waals surface area contributed by atoms with Gasteiger partial charge in [0.2, 0.25) is 0 Å². The molecule has 0 bridgehead atoms. The number of methoxy groups -OCH3 is 1. The minimum Gasteiger partial charge on any atom is -0.496 e. The van der Waals surface area contributed by atoms with Crippen molar-refractivity contribution in [3.05, 3.63) is 29.8 Å². The van der Waals surface area contributed by atoms with E-state index in [0.29, 0.717) is 0 Å². The monoisotopic (exact) mass is 224 g/mol. The molecule has 0 amide bonds. The van der Waals surface area contributed by atoms with Gasteiger partial charge in [0, 0.05) is 33.9 Å². The molecule has 0 fully saturated rings. The third-order valence-electron chi connectivity index (χ3n) is 1.34. The Morgan fingerprint density at radius 2 is 2.00 bits per heavy atom. The van der Waals surface area contributed by atoms with Crippen LogP contribution in [0.25, 0.3) is 0 Å². The molecule has 0 unspecified atom stereocenters. The molecule has 0 aromatic heterocycles. The van der Waals surface area contributed by atoms with Gasteiger partial charge in [-0.25, -0.2) is 0 Å². The topological polar surface area (TPSA) is 9.23 Å². The molecule has 0 aliphatic rings. The molecule has 0 aliphatic heterocycles. The van der Waals surface area contributed by atoms with E-state index < -0.39 is 0 Å². The Hall–Kier alpha value is 0.266. The van der Waals surface area contributed by atoms with E-state index in [0.717, 1.165) is 11.1 Å². The molecule has 0 aliphatic carbocycles. The van der Waals surface area contributed by atoms with Crippen LogP contribution in [0.3, 0.4) is 0 Å². The highest BCUT2D eigenvalue weighted by Crippen LogP contribution is 2.19. The van der Waals surface area contributed by atoms with Gasteiger partial charge in [0.15, 0.2) is 0 Å². The molecular weight excluding hydrogens is 216 g/mol. The van der Waals surface area contributed by atoms with Crippen LogP contribution in [0.2, 0.25) is 0 Å². The predicted octanol–water partition coefficient (Wildman–Crippen LogP) is 2.21. The number of benzene rings is 1. The van der Waals surface area contributed by atoms with Crippen LogP contribution in [0, 0.1) is 0 Å². The molecule has 1 aromatic rings. The molecule has 0 spiro atoms. The minimum atomic E-state index is 0. The van der Waals surface area contributed by atoms with Gasteiger partial charge in [0.25, 0.3) is 0 Å². The lowest BCUT2D eigenvalue weighted by atomic mass is 10.2. The third-order valence-corrected chi connectivity index (χ3v) is 1.94. The van der Waals surface area contributed by atoms with Crippen LogP contribution in [0.5, 0.6) is 5.75 Å². The highest BCUT2D eigenvalue weighted by Gasteiger charge is 1.96. The number of alkyl halides is 1. The molecule has 0 atom stereocenters. The van der Waals surface area contributed by atoms with Crippen molar-refractivity contribution in [3.8, 4) is 5.75 Å². The smallest absolute Gasteiger partial charge is 0.122 e. The predicted molar refractivity (Wildman–Crippen MR) is 51.4 cm³/mol. The van der Waals surface area contributed by atoms with Gasteiger partial charge in [0.1, 0.15) is 5.75 Å². The maximum absolute atomic E-state index is 5.11. The lowest BCUT2D eigenvalue weighted by molar-refractivity contribution is 0.411. The zero-order chi connectivity index (χ0) is 7.40. The first-order valence-corrected chi connectivity index (χ1v) is 4.18. The summed E-state index contributed by atoms with van der Waals surface area (Å²) in [5, 5.41) is 0.844. The van der Waals surface area contributed by atoms with Crippen LogP contribution in [0.4, 0.5) is 0 Å². The van der Waals surface area contributed by atoms with Crippen molar-refractivity contribution in [1.82, 2.24) is 0 Å². The van der Waals surface area contributed by atoms with Crippen LogP contribution in [-0.2, 0) is 5.33 Å². The first kappa shape index (κ1) is 11.3. The second kappa shape index (κ2) is 5.86. The molecule has 56 valence electrons. The second-order valence-corrected chi connectivity index (χ2v) is 2.51. The SMILES string of the molecule is COc1ccccc1CBr.[Mg]. The van der Waals surface area contributed by atoms with Crippen LogP contribution in [0.1, 0.15) is 5.56 Å². The molecule has 2 radical (unpaired) electrons. The first-order chi connectivity index (χ1) is 4.88. The highest BCUT2D eigenvalue weighted by atomic mass is 79.9. The Bertz CT molecular complexity index is 192. The normalized spacial score (nSPS) is 8.55. The number of halogens is 1. The summed E-state index contributed by atoms with van der Waals surface area (Å²) in [5.41, 5.74) is 1.19. The van der Waals surface area contributed by atoms with Crippen molar-refractivity contribution >= 4 is 39.0 Å². The molecular formula is C8H9BrMgO. The number of rotatable bonds is 2. The Balaban J connectivity index is 0.000001000. The van der Waals surface area contributed by atoms with Gasteiger partial charge in [-0.15, -0.1) is 0 Å². The van der Waals surface area contributed by atoms with Gasteiger partial charge < -0.3 is 4.74 Å². The Kier molecular flexibility index (Phi) is 6.00. The summed E-state index contributed by atoms with van der Waals surface area (Å²) in [6.07, 6.45) is 0. The molecule has 1 aromatic carbocycles. The van der Waals surface area contributed by atoms with E-state index in [9.17, 15) is 0 Å². The fourth-order valence-corrected chi connectivity index (χ4v) is 1.28. The minimum absolute atomic E-state index is 0. The quantitative estimate of drug-likeness (QED) is 0.554. The Labute approximate surface area is 91.4 Å². The Morgan fingerprint density at radius 1 is 1.36 bits per heavy atom. The third kappa shape index (κ3) is 3.01. The van der Waals surface area contributed by atoms with Crippen LogP contribution in [-0.4, -0.2) is 30.2 Å². The van der Waals surface area contributed by atoms with E-state index in [1.165, 1.54) is 5.56 Å². The summed E-state index contributed by atoms with van der Waals surface area (Å²) in [6, 6.07) is 7.95. The van der Waals surface area contributed by atoms with Gasteiger partial charge in [-0.2, -0.15) is 0 Å². The van der Waals surface area contributed by atoms with E-state index in [-0.39, 0.29) is 23.1 Å². The number of hydrogen-bond acceptors (Lipinski definition) is 1. The van der Waals surface area contributed by atoms with Gasteiger partial charge in [-0.1, -0.05) is 34.1 Å². The van der Waals surface area contributed by atoms with E-state index >= 15 is 0 Å². The van der Waals surface area contributed by atoms with Crippen molar-refractivity contribution in [2.75, 3.05) is 7.11 Å². The summed E-state index contributed by atoms with van der Waals surface area (Å²) < 4.78 is 5.11. The largest absolute Gasteiger partial charge is 0.496 e. The zero-order valence-electron chi connectivity index (χ0n) is 6.51. The maximum atomic E-state index is 5.11. The molecule has 1 rings (SSSR count). The van der Waals surface area contributed by atoms with Gasteiger partial charge >= 0.3 is 0 Å². The lowest BCUT2D eigenvalue weighted by Crippen LogP contribution is -1.87. The van der Waals surface area contributed by atoms with Gasteiger partial charge in [0.05, 0.1) is 7.11 Å². The number of hydrogen-bond donors (Lipinski definition) is 0. The van der Waals surface area contributed by atoms with Crippen LogP contribution < -0.4 is 4.74 Å². The molecule has 11 heavy (non-hydrogen) atoms. The molecule has 0 saturated heterocycles. The fourth-order valence-electron chi connectivity index (χ4n) is 0.813. The highest BCUT2D eigenvalue weighted by molar-refractivity contribution is 9.08. The van der Waals surface area contributed by atoms with Crippen molar-refractivity contribution in [2.45, 2.75) is 5.33 Å². The summed E-state index contributed by atoms with van der Waals surface area (Å²) in [5.74, 6) is 0.944. The van der Waals surface area contributed by atoms with Crippen molar-refractivity contribution in [1.29, 1.82) is 0 Å². The summed E-state index contributed by atoms with van der Waals surface area (Å²) in [4.78, 5) is 0. The molecule has 0 heterocycles. The molecule has 1 nitrogen and oxygen atoms in total. The fraction of sp³-hybridized carbons (Fsp3) is 0.250. The molecule has 3 heteroatoms. The van der Waals surface area contributed by atoms with E-state index in [1.807, 2.05) is 24.3 Å². The second-order valence-electron chi connectivity index (χ2n) is 1.95. The maximum Gasteiger partial charge on any atom is 0.122 e. The lowest BCUT2D eigenvalue weighted by Gasteiger charge is -2.03. The number of ether oxygens (including phenoxy) is 1. The van der Waals surface area contributed by atoms with Crippen molar-refractivity contribution < 1.29 is 4.74 Å². The zero-order valence-corrected chi connectivity index (χ0v) is 9.51. The number of para-hydroxylation sites is 1. The molecule has 0 saturated carbocycles. The van der Waals surface area contributed by atoms with E-state index in [1.54, 1.807) is 7.11 Å². The van der Waals surface area contributed by atoms with Crippen LogP contribution in [0.15, 0.2) is 24.3 Å². The average Bonchev–Trinajstić information content (AvgIpc) is 2.04. The summed E-state index contributed by atoms with van der Waals surface area (Å²) >= 11 is 3.37.